The second-order valence-electron chi connectivity index (χ2n) is 4.21. The molecule has 88 valence electrons. The molecule has 0 amide bonds. The van der Waals surface area contributed by atoms with E-state index >= 15 is 0 Å². The van der Waals surface area contributed by atoms with Crippen molar-refractivity contribution in [2.45, 2.75) is 31.2 Å². The SMILES string of the molecule is NC1(c2cc(F)c(Cl)c(F)c2F)CCCC1. The molecule has 0 radical (unpaired) electrons. The molecule has 16 heavy (non-hydrogen) atoms. The second kappa shape index (κ2) is 3.93. The summed E-state index contributed by atoms with van der Waals surface area (Å²) >= 11 is 5.28. The number of nitrogens with two attached hydrogens (primary N) is 1. The molecule has 0 spiro atoms. The minimum atomic E-state index is -1.35. The van der Waals surface area contributed by atoms with Crippen LogP contribution in [0, 0.1) is 17.5 Å². The van der Waals surface area contributed by atoms with Crippen molar-refractivity contribution >= 4 is 11.6 Å². The maximum absolute atomic E-state index is 13.6. The Morgan fingerprint density at radius 1 is 1.12 bits per heavy atom. The number of hydrogen-bond acceptors (Lipinski definition) is 1. The molecule has 1 aromatic carbocycles. The summed E-state index contributed by atoms with van der Waals surface area (Å²) in [5, 5.41) is -0.817. The van der Waals surface area contributed by atoms with Gasteiger partial charge in [0, 0.05) is 11.1 Å². The van der Waals surface area contributed by atoms with Crippen LogP contribution in [0.4, 0.5) is 13.2 Å². The first-order chi connectivity index (χ1) is 7.46. The van der Waals surface area contributed by atoms with Crippen LogP contribution < -0.4 is 5.73 Å². The van der Waals surface area contributed by atoms with Crippen LogP contribution in [0.15, 0.2) is 6.07 Å². The van der Waals surface area contributed by atoms with Crippen LogP contribution in [-0.2, 0) is 5.54 Å². The molecule has 5 heteroatoms. The minimum Gasteiger partial charge on any atom is -0.321 e. The van der Waals surface area contributed by atoms with Crippen LogP contribution in [0.3, 0.4) is 0 Å². The molecule has 0 atom stereocenters. The van der Waals surface area contributed by atoms with E-state index in [-0.39, 0.29) is 5.56 Å². The predicted molar refractivity (Wildman–Crippen MR) is 55.7 cm³/mol. The van der Waals surface area contributed by atoms with Crippen LogP contribution in [0.5, 0.6) is 0 Å². The lowest BCUT2D eigenvalue weighted by Gasteiger charge is -2.25. The highest BCUT2D eigenvalue weighted by molar-refractivity contribution is 6.30. The van der Waals surface area contributed by atoms with Crippen molar-refractivity contribution in [3.05, 3.63) is 34.1 Å². The van der Waals surface area contributed by atoms with Gasteiger partial charge in [-0.3, -0.25) is 0 Å². The minimum absolute atomic E-state index is 0.107. The molecule has 2 rings (SSSR count). The molecule has 0 heterocycles. The van der Waals surface area contributed by atoms with Gasteiger partial charge in [-0.2, -0.15) is 0 Å². The fourth-order valence-corrected chi connectivity index (χ4v) is 2.35. The summed E-state index contributed by atoms with van der Waals surface area (Å²) in [7, 11) is 0. The number of halogens is 4. The molecule has 2 N–H and O–H groups in total. The van der Waals surface area contributed by atoms with E-state index in [9.17, 15) is 13.2 Å². The largest absolute Gasteiger partial charge is 0.321 e. The van der Waals surface area contributed by atoms with Gasteiger partial charge in [-0.1, -0.05) is 24.4 Å². The van der Waals surface area contributed by atoms with Crippen molar-refractivity contribution in [1.29, 1.82) is 0 Å². The fourth-order valence-electron chi connectivity index (χ4n) is 2.21. The number of benzene rings is 1. The third-order valence-corrected chi connectivity index (χ3v) is 3.48. The Hall–Kier alpha value is -0.740. The van der Waals surface area contributed by atoms with E-state index in [2.05, 4.69) is 0 Å². The highest BCUT2D eigenvalue weighted by Gasteiger charge is 2.36. The lowest BCUT2D eigenvalue weighted by molar-refractivity contribution is 0.405. The molecular formula is C11H11ClF3N. The molecule has 0 aromatic heterocycles. The molecule has 0 saturated heterocycles. The van der Waals surface area contributed by atoms with Crippen LogP contribution in [0.25, 0.3) is 0 Å². The predicted octanol–water partition coefficient (Wildman–Crippen LogP) is 3.49. The Labute approximate surface area is 96.4 Å². The topological polar surface area (TPSA) is 26.0 Å². The quantitative estimate of drug-likeness (QED) is 0.598. The molecule has 1 aromatic rings. The normalized spacial score (nSPS) is 19.1. The highest BCUT2D eigenvalue weighted by Crippen LogP contribution is 2.39. The first kappa shape index (κ1) is 11.7. The van der Waals surface area contributed by atoms with Gasteiger partial charge in [0.05, 0.1) is 0 Å². The summed E-state index contributed by atoms with van der Waals surface area (Å²) in [6.07, 6.45) is 2.73. The summed E-state index contributed by atoms with van der Waals surface area (Å²) in [6.45, 7) is 0. The Bertz CT molecular complexity index is 428. The lowest BCUT2D eigenvalue weighted by Crippen LogP contribution is -2.34. The summed E-state index contributed by atoms with van der Waals surface area (Å²) in [4.78, 5) is 0. The van der Waals surface area contributed by atoms with Gasteiger partial charge in [-0.05, 0) is 18.9 Å². The maximum Gasteiger partial charge on any atom is 0.180 e. The monoisotopic (exact) mass is 249 g/mol. The van der Waals surface area contributed by atoms with E-state index in [0.717, 1.165) is 18.9 Å². The Morgan fingerprint density at radius 3 is 2.25 bits per heavy atom. The Kier molecular flexibility index (Phi) is 2.88. The van der Waals surface area contributed by atoms with Crippen molar-refractivity contribution in [1.82, 2.24) is 0 Å². The maximum atomic E-state index is 13.6. The molecule has 1 aliphatic carbocycles. The van der Waals surface area contributed by atoms with E-state index in [1.807, 2.05) is 0 Å². The number of rotatable bonds is 1. The average Bonchev–Trinajstić information content (AvgIpc) is 2.68. The molecule has 1 nitrogen and oxygen atoms in total. The van der Waals surface area contributed by atoms with Crippen molar-refractivity contribution in [2.24, 2.45) is 5.73 Å². The molecular weight excluding hydrogens is 239 g/mol. The van der Waals surface area contributed by atoms with Gasteiger partial charge in [-0.25, -0.2) is 13.2 Å². The van der Waals surface area contributed by atoms with Gasteiger partial charge in [0.1, 0.15) is 10.8 Å². The third-order valence-electron chi connectivity index (χ3n) is 3.13. The zero-order valence-corrected chi connectivity index (χ0v) is 9.25. The number of hydrogen-bond donors (Lipinski definition) is 1. The van der Waals surface area contributed by atoms with Gasteiger partial charge in [0.15, 0.2) is 11.6 Å². The van der Waals surface area contributed by atoms with Crippen molar-refractivity contribution in [3.8, 4) is 0 Å². The van der Waals surface area contributed by atoms with Crippen LogP contribution in [0.2, 0.25) is 5.02 Å². The van der Waals surface area contributed by atoms with Gasteiger partial charge >= 0.3 is 0 Å². The summed E-state index contributed by atoms with van der Waals surface area (Å²) < 4.78 is 40.2. The highest BCUT2D eigenvalue weighted by atomic mass is 35.5. The van der Waals surface area contributed by atoms with Crippen molar-refractivity contribution in [2.75, 3.05) is 0 Å². The third kappa shape index (κ3) is 1.70. The molecule has 1 fully saturated rings. The van der Waals surface area contributed by atoms with E-state index in [4.69, 9.17) is 17.3 Å². The van der Waals surface area contributed by atoms with Crippen LogP contribution in [-0.4, -0.2) is 0 Å². The fraction of sp³-hybridized carbons (Fsp3) is 0.455. The van der Waals surface area contributed by atoms with Crippen LogP contribution >= 0.6 is 11.6 Å². The average molecular weight is 250 g/mol. The van der Waals surface area contributed by atoms with Gasteiger partial charge < -0.3 is 5.73 Å². The molecule has 0 bridgehead atoms. The second-order valence-corrected chi connectivity index (χ2v) is 4.59. The van der Waals surface area contributed by atoms with E-state index in [1.54, 1.807) is 0 Å². The zero-order valence-electron chi connectivity index (χ0n) is 8.49. The standard InChI is InChI=1S/C11H11ClF3N/c12-8-7(13)5-6(9(14)10(8)15)11(16)3-1-2-4-11/h5H,1-4,16H2. The van der Waals surface area contributed by atoms with Gasteiger partial charge in [-0.15, -0.1) is 0 Å². The van der Waals surface area contributed by atoms with Crippen LogP contribution in [0.1, 0.15) is 31.2 Å². The molecule has 0 unspecified atom stereocenters. The first-order valence-electron chi connectivity index (χ1n) is 5.08. The van der Waals surface area contributed by atoms with E-state index in [0.29, 0.717) is 12.8 Å². The molecule has 1 saturated carbocycles. The van der Waals surface area contributed by atoms with Crippen molar-refractivity contribution < 1.29 is 13.2 Å². The van der Waals surface area contributed by atoms with E-state index < -0.39 is 28.0 Å². The smallest absolute Gasteiger partial charge is 0.180 e. The summed E-state index contributed by atoms with van der Waals surface area (Å²) in [5.41, 5.74) is 4.88. The van der Waals surface area contributed by atoms with Gasteiger partial charge in [0.2, 0.25) is 0 Å². The molecule has 0 aliphatic heterocycles. The summed E-state index contributed by atoms with van der Waals surface area (Å²) in [6, 6.07) is 0.909. The lowest BCUT2D eigenvalue weighted by atomic mass is 9.89. The summed E-state index contributed by atoms with van der Waals surface area (Å²) in [5.74, 6) is -3.45. The van der Waals surface area contributed by atoms with Crippen molar-refractivity contribution in [3.63, 3.8) is 0 Å². The Morgan fingerprint density at radius 2 is 1.69 bits per heavy atom. The van der Waals surface area contributed by atoms with Gasteiger partial charge in [0.25, 0.3) is 0 Å². The molecule has 1 aliphatic rings. The zero-order chi connectivity index (χ0) is 11.9. The first-order valence-corrected chi connectivity index (χ1v) is 5.46. The Balaban J connectivity index is 2.57. The van der Waals surface area contributed by atoms with E-state index in [1.165, 1.54) is 0 Å².